The van der Waals surface area contributed by atoms with Crippen molar-refractivity contribution in [1.29, 1.82) is 0 Å². The van der Waals surface area contributed by atoms with Crippen molar-refractivity contribution in [3.8, 4) is 5.75 Å². The second-order valence-corrected chi connectivity index (χ2v) is 5.64. The molecule has 1 saturated carbocycles. The number of carboxylic acid groups (broad SMARTS) is 1. The number of nitrogens with one attached hydrogen (secondary N) is 1. The monoisotopic (exact) mass is 291 g/mol. The predicted molar refractivity (Wildman–Crippen MR) is 78.3 cm³/mol. The Morgan fingerprint density at radius 1 is 1.33 bits per heavy atom. The molecule has 21 heavy (non-hydrogen) atoms. The highest BCUT2D eigenvalue weighted by Gasteiger charge is 2.35. The van der Waals surface area contributed by atoms with E-state index in [1.807, 2.05) is 32.0 Å². The summed E-state index contributed by atoms with van der Waals surface area (Å²) < 4.78 is 5.60. The van der Waals surface area contributed by atoms with E-state index in [1.54, 1.807) is 0 Å². The highest BCUT2D eigenvalue weighted by Crippen LogP contribution is 2.27. The Bertz CT molecular complexity index is 535. The summed E-state index contributed by atoms with van der Waals surface area (Å²) >= 11 is 0. The van der Waals surface area contributed by atoms with Crippen molar-refractivity contribution in [2.75, 3.05) is 6.61 Å². The molecule has 0 spiro atoms. The molecular formula is C16H21NO4. The summed E-state index contributed by atoms with van der Waals surface area (Å²) in [5.74, 6) is -0.378. The molecule has 5 nitrogen and oxygen atoms in total. The van der Waals surface area contributed by atoms with Crippen LogP contribution in [-0.2, 0) is 9.59 Å². The van der Waals surface area contributed by atoms with Crippen LogP contribution in [0, 0.1) is 19.8 Å². The predicted octanol–water partition coefficient (Wildman–Crippen LogP) is 2.05. The molecule has 1 fully saturated rings. The molecule has 2 rings (SSSR count). The Morgan fingerprint density at radius 2 is 2.05 bits per heavy atom. The lowest BCUT2D eigenvalue weighted by atomic mass is 9.80. The highest BCUT2D eigenvalue weighted by atomic mass is 16.5. The SMILES string of the molecule is Cc1ccc(OCCC(=O)NC2CC(C(=O)O)C2)c(C)c1. The minimum absolute atomic E-state index is 0.000268. The van der Waals surface area contributed by atoms with Crippen molar-refractivity contribution in [3.05, 3.63) is 29.3 Å². The van der Waals surface area contributed by atoms with Gasteiger partial charge in [-0.2, -0.15) is 0 Å². The summed E-state index contributed by atoms with van der Waals surface area (Å²) in [4.78, 5) is 22.4. The van der Waals surface area contributed by atoms with Gasteiger partial charge in [-0.25, -0.2) is 0 Å². The third-order valence-electron chi connectivity index (χ3n) is 3.77. The summed E-state index contributed by atoms with van der Waals surface area (Å²) in [6, 6.07) is 5.92. The topological polar surface area (TPSA) is 75.6 Å². The highest BCUT2D eigenvalue weighted by molar-refractivity contribution is 5.77. The van der Waals surface area contributed by atoms with Crippen LogP contribution < -0.4 is 10.1 Å². The molecule has 0 bridgehead atoms. The number of carbonyl (C=O) groups excluding carboxylic acids is 1. The van der Waals surface area contributed by atoms with E-state index in [2.05, 4.69) is 5.32 Å². The van der Waals surface area contributed by atoms with Gasteiger partial charge in [0.05, 0.1) is 18.9 Å². The van der Waals surface area contributed by atoms with E-state index in [4.69, 9.17) is 9.84 Å². The van der Waals surface area contributed by atoms with Gasteiger partial charge in [0.1, 0.15) is 5.75 Å². The summed E-state index contributed by atoms with van der Waals surface area (Å²) in [7, 11) is 0. The number of carbonyl (C=O) groups is 2. The summed E-state index contributed by atoms with van der Waals surface area (Å²) in [6.45, 7) is 4.32. The molecule has 1 amide bonds. The normalized spacial score (nSPS) is 20.5. The Kier molecular flexibility index (Phi) is 4.83. The molecular weight excluding hydrogens is 270 g/mol. The van der Waals surface area contributed by atoms with E-state index < -0.39 is 5.97 Å². The van der Waals surface area contributed by atoms with Gasteiger partial charge in [-0.15, -0.1) is 0 Å². The Morgan fingerprint density at radius 3 is 2.67 bits per heavy atom. The third-order valence-corrected chi connectivity index (χ3v) is 3.77. The quantitative estimate of drug-likeness (QED) is 0.841. The smallest absolute Gasteiger partial charge is 0.306 e. The number of benzene rings is 1. The fraction of sp³-hybridized carbons (Fsp3) is 0.500. The molecule has 0 atom stereocenters. The molecule has 2 N–H and O–H groups in total. The van der Waals surface area contributed by atoms with Crippen LogP contribution in [0.4, 0.5) is 0 Å². The molecule has 0 heterocycles. The van der Waals surface area contributed by atoms with Gasteiger partial charge in [0.15, 0.2) is 0 Å². The van der Waals surface area contributed by atoms with Crippen molar-refractivity contribution in [2.45, 2.75) is 39.2 Å². The van der Waals surface area contributed by atoms with Crippen molar-refractivity contribution < 1.29 is 19.4 Å². The molecule has 0 saturated heterocycles. The van der Waals surface area contributed by atoms with E-state index in [1.165, 1.54) is 5.56 Å². The van der Waals surface area contributed by atoms with Crippen molar-refractivity contribution in [1.82, 2.24) is 5.32 Å². The maximum absolute atomic E-state index is 11.7. The van der Waals surface area contributed by atoms with E-state index in [0.29, 0.717) is 19.4 Å². The van der Waals surface area contributed by atoms with Crippen LogP contribution in [-0.4, -0.2) is 29.6 Å². The number of amides is 1. The molecule has 0 radical (unpaired) electrons. The fourth-order valence-corrected chi connectivity index (χ4v) is 2.45. The Labute approximate surface area is 124 Å². The zero-order valence-electron chi connectivity index (χ0n) is 12.4. The first-order valence-electron chi connectivity index (χ1n) is 7.18. The van der Waals surface area contributed by atoms with Crippen LogP contribution in [0.2, 0.25) is 0 Å². The minimum atomic E-state index is -0.779. The summed E-state index contributed by atoms with van der Waals surface area (Å²) in [5.41, 5.74) is 2.23. The number of hydrogen-bond donors (Lipinski definition) is 2. The van der Waals surface area contributed by atoms with Crippen LogP contribution in [0.15, 0.2) is 18.2 Å². The molecule has 1 aliphatic carbocycles. The van der Waals surface area contributed by atoms with Crippen LogP contribution in [0.25, 0.3) is 0 Å². The molecule has 0 aromatic heterocycles. The van der Waals surface area contributed by atoms with Gasteiger partial charge in [-0.05, 0) is 38.3 Å². The van der Waals surface area contributed by atoms with Crippen LogP contribution in [0.5, 0.6) is 5.75 Å². The second-order valence-electron chi connectivity index (χ2n) is 5.64. The van der Waals surface area contributed by atoms with E-state index in [9.17, 15) is 9.59 Å². The van der Waals surface area contributed by atoms with Gasteiger partial charge in [-0.3, -0.25) is 9.59 Å². The van der Waals surface area contributed by atoms with Gasteiger partial charge in [0, 0.05) is 6.04 Å². The van der Waals surface area contributed by atoms with Crippen LogP contribution >= 0.6 is 0 Å². The van der Waals surface area contributed by atoms with E-state index in [-0.39, 0.29) is 24.3 Å². The van der Waals surface area contributed by atoms with Gasteiger partial charge >= 0.3 is 5.97 Å². The van der Waals surface area contributed by atoms with Crippen molar-refractivity contribution in [3.63, 3.8) is 0 Å². The standard InChI is InChI=1S/C16H21NO4/c1-10-3-4-14(11(2)7-10)21-6-5-15(18)17-13-8-12(9-13)16(19)20/h3-4,7,12-13H,5-6,8-9H2,1-2H3,(H,17,18)(H,19,20). The molecule has 0 unspecified atom stereocenters. The van der Waals surface area contributed by atoms with E-state index in [0.717, 1.165) is 11.3 Å². The average Bonchev–Trinajstić information content (AvgIpc) is 2.35. The third kappa shape index (κ3) is 4.21. The first-order chi connectivity index (χ1) is 9.95. The number of rotatable bonds is 6. The lowest BCUT2D eigenvalue weighted by Crippen LogP contribution is -2.46. The molecule has 0 aliphatic heterocycles. The number of carboxylic acids is 1. The summed E-state index contributed by atoms with van der Waals surface area (Å²) in [5, 5.41) is 11.6. The fourth-order valence-electron chi connectivity index (χ4n) is 2.45. The number of aliphatic carboxylic acids is 1. The molecule has 5 heteroatoms. The zero-order valence-corrected chi connectivity index (χ0v) is 12.4. The van der Waals surface area contributed by atoms with Gasteiger partial charge < -0.3 is 15.2 Å². The number of hydrogen-bond acceptors (Lipinski definition) is 3. The number of ether oxygens (including phenoxy) is 1. The Balaban J connectivity index is 1.67. The van der Waals surface area contributed by atoms with Crippen LogP contribution in [0.1, 0.15) is 30.4 Å². The second kappa shape index (κ2) is 6.61. The average molecular weight is 291 g/mol. The maximum atomic E-state index is 11.7. The van der Waals surface area contributed by atoms with Gasteiger partial charge in [0.2, 0.25) is 5.91 Å². The molecule has 1 aromatic carbocycles. The molecule has 114 valence electrons. The summed E-state index contributed by atoms with van der Waals surface area (Å²) in [6.07, 6.45) is 1.33. The van der Waals surface area contributed by atoms with Gasteiger partial charge in [-0.1, -0.05) is 17.7 Å². The van der Waals surface area contributed by atoms with Crippen LogP contribution in [0.3, 0.4) is 0 Å². The largest absolute Gasteiger partial charge is 0.493 e. The first kappa shape index (κ1) is 15.4. The minimum Gasteiger partial charge on any atom is -0.493 e. The lowest BCUT2D eigenvalue weighted by Gasteiger charge is -2.32. The molecule has 1 aromatic rings. The molecule has 1 aliphatic rings. The number of aryl methyl sites for hydroxylation is 2. The maximum Gasteiger partial charge on any atom is 0.306 e. The first-order valence-corrected chi connectivity index (χ1v) is 7.18. The zero-order chi connectivity index (χ0) is 15.4. The van der Waals surface area contributed by atoms with Crippen molar-refractivity contribution >= 4 is 11.9 Å². The van der Waals surface area contributed by atoms with Gasteiger partial charge in [0.25, 0.3) is 0 Å². The Hall–Kier alpha value is -2.04. The van der Waals surface area contributed by atoms with E-state index >= 15 is 0 Å². The lowest BCUT2D eigenvalue weighted by molar-refractivity contribution is -0.146. The van der Waals surface area contributed by atoms with Crippen molar-refractivity contribution in [2.24, 2.45) is 5.92 Å².